The van der Waals surface area contributed by atoms with Crippen LogP contribution in [-0.4, -0.2) is 0 Å². The molecule has 8 rings (SSSR count). The van der Waals surface area contributed by atoms with Crippen molar-refractivity contribution in [1.29, 1.82) is 0 Å². The zero-order valence-corrected chi connectivity index (χ0v) is 33.4. The molecule has 0 aliphatic heterocycles. The molecule has 0 atom stereocenters. The highest BCUT2D eigenvalue weighted by molar-refractivity contribution is 5.86. The first kappa shape index (κ1) is 40.2. The summed E-state index contributed by atoms with van der Waals surface area (Å²) in [6, 6.07) is 64.7. The maximum Gasteiger partial charge on any atom is -0.00196 e. The van der Waals surface area contributed by atoms with Crippen LogP contribution in [0.5, 0.6) is 0 Å². The lowest BCUT2D eigenvalue weighted by molar-refractivity contribution is 0.844. The van der Waals surface area contributed by atoms with Crippen molar-refractivity contribution >= 4 is 21.5 Å². The number of hydrogen-bond donors (Lipinski definition) is 0. The molecular formula is C55H56. The molecule has 0 bridgehead atoms. The van der Waals surface area contributed by atoms with Crippen LogP contribution in [0.25, 0.3) is 32.7 Å². The molecule has 0 saturated heterocycles. The largest absolute Gasteiger partial charge is 0.103 e. The van der Waals surface area contributed by atoms with E-state index in [1.807, 2.05) is 24.3 Å². The molecule has 0 aromatic heterocycles. The van der Waals surface area contributed by atoms with Crippen molar-refractivity contribution in [3.63, 3.8) is 0 Å². The zero-order chi connectivity index (χ0) is 38.8. The van der Waals surface area contributed by atoms with E-state index in [9.17, 15) is 0 Å². The Morgan fingerprint density at radius 2 is 0.982 bits per heavy atom. The fourth-order valence-electron chi connectivity index (χ4n) is 6.73. The van der Waals surface area contributed by atoms with E-state index in [2.05, 4.69) is 205 Å². The van der Waals surface area contributed by atoms with Crippen molar-refractivity contribution in [2.24, 2.45) is 0 Å². The topological polar surface area (TPSA) is 0 Å². The molecule has 0 nitrogen and oxygen atoms in total. The van der Waals surface area contributed by atoms with E-state index in [4.69, 9.17) is 0 Å². The van der Waals surface area contributed by atoms with Crippen LogP contribution in [0.1, 0.15) is 57.3 Å². The van der Waals surface area contributed by atoms with Gasteiger partial charge in [0.1, 0.15) is 0 Å². The lowest BCUT2D eigenvalue weighted by Crippen LogP contribution is -1.91. The van der Waals surface area contributed by atoms with Crippen molar-refractivity contribution in [3.8, 4) is 11.1 Å². The molecule has 0 radical (unpaired) electrons. The molecule has 55 heavy (non-hydrogen) atoms. The fraction of sp³-hybridized carbons (Fsp3) is 0.164. The van der Waals surface area contributed by atoms with Crippen LogP contribution in [0, 0.1) is 34.6 Å². The van der Waals surface area contributed by atoms with Gasteiger partial charge in [-0.15, -0.1) is 6.58 Å². The third-order valence-electron chi connectivity index (χ3n) is 9.86. The average molecular weight is 717 g/mol. The first-order valence-corrected chi connectivity index (χ1v) is 19.6. The summed E-state index contributed by atoms with van der Waals surface area (Å²) >= 11 is 0. The minimum Gasteiger partial charge on any atom is -0.103 e. The van der Waals surface area contributed by atoms with Gasteiger partial charge in [0.05, 0.1) is 0 Å². The average Bonchev–Trinajstić information content (AvgIpc) is 3.21. The van der Waals surface area contributed by atoms with Gasteiger partial charge < -0.3 is 0 Å². The van der Waals surface area contributed by atoms with Crippen molar-refractivity contribution in [2.45, 2.75) is 60.3 Å². The highest BCUT2D eigenvalue weighted by Gasteiger charge is 2.05. The molecular weight excluding hydrogens is 661 g/mol. The Bertz CT molecular complexity index is 2350. The van der Waals surface area contributed by atoms with E-state index in [0.717, 1.165) is 12.8 Å². The molecule has 0 aliphatic carbocycles. The number of aryl methyl sites for hydroxylation is 6. The van der Waals surface area contributed by atoms with Crippen LogP contribution in [0.4, 0.5) is 0 Å². The maximum absolute atomic E-state index is 3.71. The predicted molar refractivity (Wildman–Crippen MR) is 242 cm³/mol. The van der Waals surface area contributed by atoms with Gasteiger partial charge in [0.25, 0.3) is 0 Å². The van der Waals surface area contributed by atoms with Gasteiger partial charge in [-0.05, 0) is 121 Å². The molecule has 276 valence electrons. The summed E-state index contributed by atoms with van der Waals surface area (Å²) in [5.74, 6) is 0. The molecule has 0 aliphatic rings. The summed E-state index contributed by atoms with van der Waals surface area (Å²) in [6.45, 7) is 14.4. The minimum atomic E-state index is 0.967. The SMILES string of the molecule is C=CCCCc1ccc(C)cc1.Cc1ccc(-c2ccc(Cc3cccc4ccccc34)cc2)c(C)c1.Cc1cccc2ccccc12.Cc1ccccc1. The first-order valence-electron chi connectivity index (χ1n) is 19.6. The predicted octanol–water partition coefficient (Wildman–Crippen LogP) is 15.4. The number of fused-ring (bicyclic) bond motifs is 2. The molecule has 0 heterocycles. The van der Waals surface area contributed by atoms with Crippen molar-refractivity contribution in [2.75, 3.05) is 0 Å². The number of rotatable bonds is 7. The molecule has 0 spiro atoms. The molecule has 8 aromatic carbocycles. The van der Waals surface area contributed by atoms with E-state index in [1.54, 1.807) is 0 Å². The first-order chi connectivity index (χ1) is 26.8. The van der Waals surface area contributed by atoms with Gasteiger partial charge in [0, 0.05) is 0 Å². The molecule has 0 N–H and O–H groups in total. The highest BCUT2D eigenvalue weighted by Crippen LogP contribution is 2.26. The quantitative estimate of drug-likeness (QED) is 0.114. The number of allylic oxidation sites excluding steroid dienone is 1. The normalized spacial score (nSPS) is 10.3. The second-order valence-electron chi connectivity index (χ2n) is 14.4. The van der Waals surface area contributed by atoms with Crippen molar-refractivity contribution in [3.05, 3.63) is 239 Å². The number of unbranched alkanes of at least 4 members (excludes halogenated alkanes) is 1. The van der Waals surface area contributed by atoms with E-state index in [1.165, 1.54) is 90.0 Å². The van der Waals surface area contributed by atoms with Crippen LogP contribution in [0.15, 0.2) is 195 Å². The lowest BCUT2D eigenvalue weighted by Gasteiger charge is -2.10. The summed E-state index contributed by atoms with van der Waals surface area (Å²) in [5.41, 5.74) is 13.4. The summed E-state index contributed by atoms with van der Waals surface area (Å²) < 4.78 is 0. The summed E-state index contributed by atoms with van der Waals surface area (Å²) in [6.07, 6.45) is 6.45. The van der Waals surface area contributed by atoms with Crippen molar-refractivity contribution < 1.29 is 0 Å². The Kier molecular flexibility index (Phi) is 15.4. The Labute approximate surface area is 330 Å². The fourth-order valence-corrected chi connectivity index (χ4v) is 6.73. The van der Waals surface area contributed by atoms with E-state index >= 15 is 0 Å². The van der Waals surface area contributed by atoms with Gasteiger partial charge in [-0.3, -0.25) is 0 Å². The van der Waals surface area contributed by atoms with Crippen LogP contribution in [0.2, 0.25) is 0 Å². The Morgan fingerprint density at radius 1 is 0.436 bits per heavy atom. The smallest absolute Gasteiger partial charge is 0.00196 e. The summed E-state index contributed by atoms with van der Waals surface area (Å²) in [7, 11) is 0. The molecule has 0 fully saturated rings. The maximum atomic E-state index is 3.71. The Hall–Kier alpha value is -5.98. The summed E-state index contributed by atoms with van der Waals surface area (Å²) in [5, 5.41) is 5.35. The van der Waals surface area contributed by atoms with Crippen LogP contribution >= 0.6 is 0 Å². The Balaban J connectivity index is 0.000000160. The van der Waals surface area contributed by atoms with E-state index in [-0.39, 0.29) is 0 Å². The van der Waals surface area contributed by atoms with Crippen LogP contribution < -0.4 is 0 Å². The number of benzene rings is 8. The zero-order valence-electron chi connectivity index (χ0n) is 33.4. The minimum absolute atomic E-state index is 0.967. The van der Waals surface area contributed by atoms with Gasteiger partial charge in [-0.2, -0.15) is 0 Å². The third kappa shape index (κ3) is 12.5. The van der Waals surface area contributed by atoms with Gasteiger partial charge in [0.2, 0.25) is 0 Å². The van der Waals surface area contributed by atoms with Crippen LogP contribution in [0.3, 0.4) is 0 Å². The molecule has 0 unspecified atom stereocenters. The lowest BCUT2D eigenvalue weighted by atomic mass is 9.95. The standard InChI is InChI=1S/C25H22.C12H16.C11H10.C7H8/c1-18-10-15-24(19(2)16-18)22-13-11-20(12-14-22)17-23-8-5-7-21-6-3-4-9-25(21)23;1-3-4-5-6-12-9-7-11(2)8-10-12;1-9-5-4-7-10-6-2-3-8-11(9)10;1-7-5-3-2-4-6-7/h3-16H,17H2,1-2H3;3,7-10H,1,4-6H2,2H3;2-8H,1H3;2-6H,1H3. The second-order valence-corrected chi connectivity index (χ2v) is 14.4. The van der Waals surface area contributed by atoms with Gasteiger partial charge >= 0.3 is 0 Å². The summed E-state index contributed by atoms with van der Waals surface area (Å²) in [4.78, 5) is 0. The molecule has 0 amide bonds. The van der Waals surface area contributed by atoms with Crippen molar-refractivity contribution in [1.82, 2.24) is 0 Å². The molecule has 8 aromatic rings. The van der Waals surface area contributed by atoms with E-state index in [0.29, 0.717) is 0 Å². The second kappa shape index (κ2) is 21.0. The molecule has 0 heteroatoms. The van der Waals surface area contributed by atoms with Gasteiger partial charge in [-0.1, -0.05) is 205 Å². The highest BCUT2D eigenvalue weighted by atomic mass is 14.1. The van der Waals surface area contributed by atoms with Crippen LogP contribution in [-0.2, 0) is 12.8 Å². The van der Waals surface area contributed by atoms with E-state index < -0.39 is 0 Å². The Morgan fingerprint density at radius 3 is 1.60 bits per heavy atom. The van der Waals surface area contributed by atoms with Gasteiger partial charge in [-0.25, -0.2) is 0 Å². The molecule has 0 saturated carbocycles. The monoisotopic (exact) mass is 716 g/mol. The van der Waals surface area contributed by atoms with Gasteiger partial charge in [0.15, 0.2) is 0 Å². The number of hydrogen-bond acceptors (Lipinski definition) is 0. The third-order valence-corrected chi connectivity index (χ3v) is 9.86.